The Hall–Kier alpha value is -1.49. The van der Waals surface area contributed by atoms with Gasteiger partial charge in [-0.15, -0.1) is 0 Å². The first-order valence-corrected chi connectivity index (χ1v) is 6.84. The second-order valence-electron chi connectivity index (χ2n) is 5.75. The lowest BCUT2D eigenvalue weighted by Crippen LogP contribution is -2.27. The molecule has 20 heavy (non-hydrogen) atoms. The highest BCUT2D eigenvalue weighted by Gasteiger charge is 2.38. The van der Waals surface area contributed by atoms with Gasteiger partial charge in [-0.3, -0.25) is 4.79 Å². The summed E-state index contributed by atoms with van der Waals surface area (Å²) in [6, 6.07) is 2.73. The Labute approximate surface area is 116 Å². The SMILES string of the molecule is NC(CC1(CC(=O)O)CCCC1)c1ccc(F)cc1F. The van der Waals surface area contributed by atoms with Crippen LogP contribution in [0.5, 0.6) is 0 Å². The summed E-state index contributed by atoms with van der Waals surface area (Å²) in [5.41, 5.74) is 5.93. The number of benzene rings is 1. The molecular formula is C15H19F2NO2. The first kappa shape index (κ1) is 14.9. The van der Waals surface area contributed by atoms with E-state index in [0.29, 0.717) is 6.42 Å². The third-order valence-corrected chi connectivity index (χ3v) is 4.21. The van der Waals surface area contributed by atoms with E-state index in [1.54, 1.807) is 0 Å². The molecule has 0 bridgehead atoms. The fourth-order valence-electron chi connectivity index (χ4n) is 3.28. The number of aliphatic carboxylic acids is 1. The van der Waals surface area contributed by atoms with E-state index >= 15 is 0 Å². The zero-order valence-electron chi connectivity index (χ0n) is 11.2. The van der Waals surface area contributed by atoms with Crippen LogP contribution in [0.25, 0.3) is 0 Å². The lowest BCUT2D eigenvalue weighted by atomic mass is 9.76. The third kappa shape index (κ3) is 3.33. The maximum Gasteiger partial charge on any atom is 0.303 e. The van der Waals surface area contributed by atoms with Gasteiger partial charge in [-0.2, -0.15) is 0 Å². The van der Waals surface area contributed by atoms with Crippen molar-refractivity contribution in [2.75, 3.05) is 0 Å². The lowest BCUT2D eigenvalue weighted by Gasteiger charge is -2.30. The number of carboxylic acid groups (broad SMARTS) is 1. The highest BCUT2D eigenvalue weighted by atomic mass is 19.1. The number of rotatable bonds is 5. The monoisotopic (exact) mass is 283 g/mol. The maximum atomic E-state index is 13.7. The number of halogens is 2. The summed E-state index contributed by atoms with van der Waals surface area (Å²) in [7, 11) is 0. The topological polar surface area (TPSA) is 63.3 Å². The Morgan fingerprint density at radius 2 is 2.00 bits per heavy atom. The fourth-order valence-corrected chi connectivity index (χ4v) is 3.28. The van der Waals surface area contributed by atoms with E-state index in [-0.39, 0.29) is 17.4 Å². The van der Waals surface area contributed by atoms with Crippen LogP contribution in [-0.4, -0.2) is 11.1 Å². The van der Waals surface area contributed by atoms with Gasteiger partial charge in [-0.1, -0.05) is 18.9 Å². The standard InChI is InChI=1S/C15H19F2NO2/c16-10-3-4-11(12(17)7-10)13(18)8-15(9-14(19)20)5-1-2-6-15/h3-4,7,13H,1-2,5-6,8-9,18H2,(H,19,20). The summed E-state index contributed by atoms with van der Waals surface area (Å²) >= 11 is 0. The van der Waals surface area contributed by atoms with Gasteiger partial charge in [0.25, 0.3) is 0 Å². The Morgan fingerprint density at radius 3 is 2.55 bits per heavy atom. The Bertz CT molecular complexity index is 499. The lowest BCUT2D eigenvalue weighted by molar-refractivity contribution is -0.139. The maximum absolute atomic E-state index is 13.7. The van der Waals surface area contributed by atoms with Gasteiger partial charge in [0.05, 0.1) is 6.42 Å². The molecule has 1 aliphatic rings. The smallest absolute Gasteiger partial charge is 0.303 e. The molecule has 0 amide bonds. The van der Waals surface area contributed by atoms with Gasteiger partial charge < -0.3 is 10.8 Å². The highest BCUT2D eigenvalue weighted by molar-refractivity contribution is 5.67. The molecule has 0 aromatic heterocycles. The molecule has 0 saturated heterocycles. The Morgan fingerprint density at radius 1 is 1.35 bits per heavy atom. The average molecular weight is 283 g/mol. The van der Waals surface area contributed by atoms with Crippen LogP contribution in [0.15, 0.2) is 18.2 Å². The molecule has 1 saturated carbocycles. The van der Waals surface area contributed by atoms with Crippen molar-refractivity contribution in [1.29, 1.82) is 0 Å². The second-order valence-corrected chi connectivity index (χ2v) is 5.75. The zero-order chi connectivity index (χ0) is 14.8. The molecule has 3 N–H and O–H groups in total. The van der Waals surface area contributed by atoms with Crippen molar-refractivity contribution in [2.45, 2.75) is 44.6 Å². The van der Waals surface area contributed by atoms with Crippen molar-refractivity contribution in [2.24, 2.45) is 11.1 Å². The third-order valence-electron chi connectivity index (χ3n) is 4.21. The summed E-state index contributed by atoms with van der Waals surface area (Å²) in [5.74, 6) is -2.15. The van der Waals surface area contributed by atoms with Gasteiger partial charge in [0, 0.05) is 17.7 Å². The molecular weight excluding hydrogens is 264 g/mol. The minimum atomic E-state index is -0.848. The van der Waals surface area contributed by atoms with Gasteiger partial charge >= 0.3 is 5.97 Å². The first-order chi connectivity index (χ1) is 9.42. The summed E-state index contributed by atoms with van der Waals surface area (Å²) in [6.07, 6.45) is 4.04. The zero-order valence-corrected chi connectivity index (χ0v) is 11.2. The summed E-state index contributed by atoms with van der Waals surface area (Å²) in [5, 5.41) is 9.05. The normalized spacial score (nSPS) is 18.9. The van der Waals surface area contributed by atoms with Crippen LogP contribution < -0.4 is 5.73 Å². The molecule has 110 valence electrons. The summed E-state index contributed by atoms with van der Waals surface area (Å²) in [4.78, 5) is 11.0. The largest absolute Gasteiger partial charge is 0.481 e. The second kappa shape index (κ2) is 5.87. The molecule has 1 atom stereocenters. The van der Waals surface area contributed by atoms with E-state index in [2.05, 4.69) is 0 Å². The number of hydrogen-bond donors (Lipinski definition) is 2. The highest BCUT2D eigenvalue weighted by Crippen LogP contribution is 2.46. The van der Waals surface area contributed by atoms with Crippen LogP contribution in [0.3, 0.4) is 0 Å². The number of carboxylic acids is 1. The van der Waals surface area contributed by atoms with Crippen LogP contribution in [0.1, 0.15) is 50.1 Å². The molecule has 2 rings (SSSR count). The predicted molar refractivity (Wildman–Crippen MR) is 71.1 cm³/mol. The molecule has 5 heteroatoms. The summed E-state index contributed by atoms with van der Waals surface area (Å²) in [6.45, 7) is 0. The van der Waals surface area contributed by atoms with Crippen LogP contribution in [0, 0.1) is 17.0 Å². The van der Waals surface area contributed by atoms with Crippen molar-refractivity contribution in [3.63, 3.8) is 0 Å². The molecule has 1 aliphatic carbocycles. The molecule has 1 aromatic carbocycles. The van der Waals surface area contributed by atoms with Crippen LogP contribution in [-0.2, 0) is 4.79 Å². The molecule has 0 aliphatic heterocycles. The van der Waals surface area contributed by atoms with Gasteiger partial charge in [-0.05, 0) is 30.7 Å². The summed E-state index contributed by atoms with van der Waals surface area (Å²) < 4.78 is 26.6. The first-order valence-electron chi connectivity index (χ1n) is 6.84. The molecule has 3 nitrogen and oxygen atoms in total. The van der Waals surface area contributed by atoms with Crippen molar-refractivity contribution in [1.82, 2.24) is 0 Å². The van der Waals surface area contributed by atoms with Crippen LogP contribution in [0.4, 0.5) is 8.78 Å². The Balaban J connectivity index is 2.16. The molecule has 0 heterocycles. The van der Waals surface area contributed by atoms with Crippen molar-refractivity contribution in [3.8, 4) is 0 Å². The Kier molecular flexibility index (Phi) is 4.38. The van der Waals surface area contributed by atoms with Crippen LogP contribution >= 0.6 is 0 Å². The molecule has 1 unspecified atom stereocenters. The average Bonchev–Trinajstić information content (AvgIpc) is 2.75. The minimum Gasteiger partial charge on any atom is -0.481 e. The van der Waals surface area contributed by atoms with Crippen molar-refractivity contribution >= 4 is 5.97 Å². The molecule has 1 fully saturated rings. The molecule has 1 aromatic rings. The van der Waals surface area contributed by atoms with Gasteiger partial charge in [0.2, 0.25) is 0 Å². The minimum absolute atomic E-state index is 0.0590. The van der Waals surface area contributed by atoms with E-state index in [4.69, 9.17) is 10.8 Å². The predicted octanol–water partition coefficient (Wildman–Crippen LogP) is 3.39. The number of carbonyl (C=O) groups is 1. The van der Waals surface area contributed by atoms with Gasteiger partial charge in [0.1, 0.15) is 11.6 Å². The van der Waals surface area contributed by atoms with Crippen LogP contribution in [0.2, 0.25) is 0 Å². The number of nitrogens with two attached hydrogens (primary N) is 1. The van der Waals surface area contributed by atoms with E-state index in [0.717, 1.165) is 31.7 Å². The van der Waals surface area contributed by atoms with Crippen molar-refractivity contribution in [3.05, 3.63) is 35.4 Å². The van der Waals surface area contributed by atoms with Gasteiger partial charge in [0.15, 0.2) is 0 Å². The molecule has 0 spiro atoms. The van der Waals surface area contributed by atoms with Crippen molar-refractivity contribution < 1.29 is 18.7 Å². The fraction of sp³-hybridized carbons (Fsp3) is 0.533. The quantitative estimate of drug-likeness (QED) is 0.870. The van der Waals surface area contributed by atoms with E-state index in [9.17, 15) is 13.6 Å². The van der Waals surface area contributed by atoms with Gasteiger partial charge in [-0.25, -0.2) is 8.78 Å². The van der Waals surface area contributed by atoms with E-state index in [1.807, 2.05) is 0 Å². The molecule has 0 radical (unpaired) electrons. The number of hydrogen-bond acceptors (Lipinski definition) is 2. The van der Waals surface area contributed by atoms with E-state index < -0.39 is 23.6 Å². The van der Waals surface area contributed by atoms with E-state index in [1.165, 1.54) is 12.1 Å².